The minimum Gasteiger partial charge on any atom is -0.381 e. The second-order valence-electron chi connectivity index (χ2n) is 5.59. The van der Waals surface area contributed by atoms with Crippen molar-refractivity contribution in [2.75, 3.05) is 25.6 Å². The van der Waals surface area contributed by atoms with Crippen LogP contribution in [-0.2, 0) is 11.3 Å². The predicted molar refractivity (Wildman–Crippen MR) is 85.2 cm³/mol. The molecule has 3 rings (SSSR count). The van der Waals surface area contributed by atoms with Gasteiger partial charge >= 0.3 is 0 Å². The van der Waals surface area contributed by atoms with E-state index in [0.29, 0.717) is 30.7 Å². The number of nitrogens with one attached hydrogen (secondary N) is 1. The monoisotopic (exact) mass is 286 g/mol. The van der Waals surface area contributed by atoms with Gasteiger partial charge in [-0.3, -0.25) is 9.36 Å². The number of pyridine rings is 1. The molecule has 1 aliphatic heterocycles. The maximum atomic E-state index is 12.5. The van der Waals surface area contributed by atoms with Gasteiger partial charge in [0.05, 0.1) is 12.3 Å². The van der Waals surface area contributed by atoms with Crippen LogP contribution in [0.1, 0.15) is 12.1 Å². The molecule has 1 aliphatic rings. The number of aromatic nitrogens is 3. The Morgan fingerprint density at radius 2 is 2.33 bits per heavy atom. The summed E-state index contributed by atoms with van der Waals surface area (Å²) in [6, 6.07) is 1.88. The molecule has 110 valence electrons. The number of hydrogen-bond donors (Lipinski definition) is 1. The van der Waals surface area contributed by atoms with E-state index in [4.69, 9.17) is 4.74 Å². The van der Waals surface area contributed by atoms with Crippen LogP contribution in [0, 0.1) is 12.8 Å². The highest BCUT2D eigenvalue weighted by molar-refractivity contribution is 6.32. The van der Waals surface area contributed by atoms with Crippen molar-refractivity contribution in [2.24, 2.45) is 5.92 Å². The van der Waals surface area contributed by atoms with Crippen LogP contribution in [0.2, 0.25) is 0 Å². The second-order valence-corrected chi connectivity index (χ2v) is 5.59. The van der Waals surface area contributed by atoms with Crippen LogP contribution >= 0.6 is 0 Å². The van der Waals surface area contributed by atoms with Gasteiger partial charge in [-0.15, -0.1) is 0 Å². The third-order valence-electron chi connectivity index (χ3n) is 4.00. The van der Waals surface area contributed by atoms with E-state index in [9.17, 15) is 4.79 Å². The molecular weight excluding hydrogens is 267 g/mol. The summed E-state index contributed by atoms with van der Waals surface area (Å²) in [5.41, 5.74) is 2.33. The molecule has 2 aromatic heterocycles. The molecule has 1 N–H and O–H groups in total. The number of ether oxygens (including phenoxy) is 1. The van der Waals surface area contributed by atoms with E-state index in [2.05, 4.69) is 15.3 Å². The van der Waals surface area contributed by atoms with Crippen molar-refractivity contribution >= 4 is 30.3 Å². The molecule has 0 radical (unpaired) electrons. The Balaban J connectivity index is 2.21. The van der Waals surface area contributed by atoms with Gasteiger partial charge in [0.25, 0.3) is 0 Å². The van der Waals surface area contributed by atoms with Crippen LogP contribution in [-0.4, -0.2) is 42.6 Å². The van der Waals surface area contributed by atoms with E-state index < -0.39 is 0 Å². The maximum absolute atomic E-state index is 12.5. The van der Waals surface area contributed by atoms with E-state index in [1.54, 1.807) is 11.6 Å². The van der Waals surface area contributed by atoms with Gasteiger partial charge in [0, 0.05) is 31.5 Å². The number of aryl methyl sites for hydroxylation is 1. The standard InChI is InChI=1S/C14H19BN4O2/c1-8-10-5-11(15)13(20)19(6-9-3-4-21-7-9)12(10)18-14(16-2)17-8/h5,9H,3-4,6-7,15H2,1-2H3,(H,16,17,18). The quantitative estimate of drug-likeness (QED) is 0.766. The summed E-state index contributed by atoms with van der Waals surface area (Å²) in [5, 5.41) is 3.89. The molecule has 2 aromatic rings. The fourth-order valence-electron chi connectivity index (χ4n) is 2.80. The van der Waals surface area contributed by atoms with Crippen molar-refractivity contribution in [1.82, 2.24) is 14.5 Å². The second kappa shape index (κ2) is 5.48. The molecule has 0 aliphatic carbocycles. The minimum absolute atomic E-state index is 0.0227. The summed E-state index contributed by atoms with van der Waals surface area (Å²) in [6.07, 6.45) is 0.991. The highest BCUT2D eigenvalue weighted by atomic mass is 16.5. The lowest BCUT2D eigenvalue weighted by Gasteiger charge is -2.15. The lowest BCUT2D eigenvalue weighted by molar-refractivity contribution is 0.182. The molecule has 1 fully saturated rings. The Kier molecular flexibility index (Phi) is 3.67. The van der Waals surface area contributed by atoms with Crippen molar-refractivity contribution < 1.29 is 4.74 Å². The molecule has 7 heteroatoms. The van der Waals surface area contributed by atoms with Gasteiger partial charge in [-0.2, -0.15) is 4.98 Å². The summed E-state index contributed by atoms with van der Waals surface area (Å²) in [7, 11) is 3.62. The van der Waals surface area contributed by atoms with Gasteiger partial charge in [0.1, 0.15) is 13.5 Å². The van der Waals surface area contributed by atoms with E-state index in [-0.39, 0.29) is 5.56 Å². The Morgan fingerprint density at radius 3 is 3.00 bits per heavy atom. The Hall–Kier alpha value is -1.89. The fourth-order valence-corrected chi connectivity index (χ4v) is 2.80. The van der Waals surface area contributed by atoms with Crippen LogP contribution in [0.5, 0.6) is 0 Å². The van der Waals surface area contributed by atoms with Crippen molar-refractivity contribution in [3.63, 3.8) is 0 Å². The van der Waals surface area contributed by atoms with Gasteiger partial charge in [0.2, 0.25) is 11.5 Å². The van der Waals surface area contributed by atoms with Crippen LogP contribution in [0.3, 0.4) is 0 Å². The molecule has 0 bridgehead atoms. The van der Waals surface area contributed by atoms with Gasteiger partial charge in [-0.1, -0.05) is 6.07 Å². The lowest BCUT2D eigenvalue weighted by Crippen LogP contribution is -2.36. The summed E-state index contributed by atoms with van der Waals surface area (Å²) in [6.45, 7) is 4.08. The smallest absolute Gasteiger partial charge is 0.245 e. The van der Waals surface area contributed by atoms with Crippen molar-refractivity contribution in [3.05, 3.63) is 22.1 Å². The average Bonchev–Trinajstić information content (AvgIpc) is 2.97. The molecule has 0 amide bonds. The fraction of sp³-hybridized carbons (Fsp3) is 0.500. The largest absolute Gasteiger partial charge is 0.381 e. The molecule has 1 atom stereocenters. The first-order valence-corrected chi connectivity index (χ1v) is 7.24. The van der Waals surface area contributed by atoms with Crippen LogP contribution in [0.25, 0.3) is 11.0 Å². The number of fused-ring (bicyclic) bond motifs is 1. The first-order chi connectivity index (χ1) is 10.1. The normalized spacial score (nSPS) is 18.3. The highest BCUT2D eigenvalue weighted by Crippen LogP contribution is 2.18. The summed E-state index contributed by atoms with van der Waals surface area (Å²) >= 11 is 0. The summed E-state index contributed by atoms with van der Waals surface area (Å²) in [5.74, 6) is 0.917. The molecule has 0 aromatic carbocycles. The van der Waals surface area contributed by atoms with Gasteiger partial charge in [0.15, 0.2) is 0 Å². The van der Waals surface area contributed by atoms with Crippen LogP contribution < -0.4 is 16.3 Å². The van der Waals surface area contributed by atoms with E-state index in [1.165, 1.54) is 0 Å². The number of nitrogens with zero attached hydrogens (tertiary/aromatic N) is 3. The van der Waals surface area contributed by atoms with E-state index in [0.717, 1.165) is 29.6 Å². The van der Waals surface area contributed by atoms with Crippen molar-refractivity contribution in [3.8, 4) is 0 Å². The number of anilines is 1. The van der Waals surface area contributed by atoms with Crippen LogP contribution in [0.15, 0.2) is 10.9 Å². The average molecular weight is 286 g/mol. The predicted octanol–water partition coefficient (Wildman–Crippen LogP) is -0.563. The van der Waals surface area contributed by atoms with Gasteiger partial charge < -0.3 is 10.1 Å². The lowest BCUT2D eigenvalue weighted by atomic mass is 9.96. The third kappa shape index (κ3) is 2.53. The maximum Gasteiger partial charge on any atom is 0.245 e. The topological polar surface area (TPSA) is 69.0 Å². The molecular formula is C14H19BN4O2. The molecule has 0 spiro atoms. The Bertz CT molecular complexity index is 738. The zero-order valence-electron chi connectivity index (χ0n) is 12.6. The molecule has 3 heterocycles. The number of hydrogen-bond acceptors (Lipinski definition) is 5. The molecule has 1 unspecified atom stereocenters. The van der Waals surface area contributed by atoms with Crippen molar-refractivity contribution in [1.29, 1.82) is 0 Å². The number of rotatable bonds is 3. The van der Waals surface area contributed by atoms with Crippen LogP contribution in [0.4, 0.5) is 5.95 Å². The minimum atomic E-state index is 0.0227. The zero-order chi connectivity index (χ0) is 15.0. The van der Waals surface area contributed by atoms with Gasteiger partial charge in [-0.05, 0) is 18.8 Å². The van der Waals surface area contributed by atoms with Gasteiger partial charge in [-0.25, -0.2) is 4.98 Å². The zero-order valence-corrected chi connectivity index (χ0v) is 12.6. The molecule has 6 nitrogen and oxygen atoms in total. The summed E-state index contributed by atoms with van der Waals surface area (Å²) in [4.78, 5) is 21.4. The Morgan fingerprint density at radius 1 is 1.52 bits per heavy atom. The highest BCUT2D eigenvalue weighted by Gasteiger charge is 2.19. The first-order valence-electron chi connectivity index (χ1n) is 7.24. The molecule has 1 saturated heterocycles. The van der Waals surface area contributed by atoms with E-state index in [1.807, 2.05) is 20.8 Å². The van der Waals surface area contributed by atoms with E-state index >= 15 is 0 Å². The van der Waals surface area contributed by atoms with Crippen molar-refractivity contribution in [2.45, 2.75) is 19.9 Å². The SMILES string of the molecule is Bc1cc2c(C)nc(NC)nc2n(CC2CCOC2)c1=O. The summed E-state index contributed by atoms with van der Waals surface area (Å²) < 4.78 is 7.20. The molecule has 21 heavy (non-hydrogen) atoms. The first kappa shape index (κ1) is 14.1. The Labute approximate surface area is 124 Å². The molecule has 0 saturated carbocycles. The third-order valence-corrected chi connectivity index (χ3v) is 4.00.